The molecular formula is C24H26F4N4OS. The van der Waals surface area contributed by atoms with E-state index in [0.29, 0.717) is 34.7 Å². The van der Waals surface area contributed by atoms with Gasteiger partial charge in [0.2, 0.25) is 11.6 Å². The van der Waals surface area contributed by atoms with Gasteiger partial charge in [-0.15, -0.1) is 0 Å². The van der Waals surface area contributed by atoms with Gasteiger partial charge in [-0.1, -0.05) is 13.0 Å². The van der Waals surface area contributed by atoms with Crippen LogP contribution < -0.4 is 0 Å². The maximum absolute atomic E-state index is 14.6. The molecule has 2 aromatic heterocycles. The Kier molecular flexibility index (Phi) is 5.66. The van der Waals surface area contributed by atoms with E-state index in [1.807, 2.05) is 34.6 Å². The van der Waals surface area contributed by atoms with Crippen molar-refractivity contribution in [3.05, 3.63) is 46.0 Å². The summed E-state index contributed by atoms with van der Waals surface area (Å²) in [5.41, 5.74) is 1.47. The zero-order chi connectivity index (χ0) is 25.3. The second kappa shape index (κ2) is 7.90. The summed E-state index contributed by atoms with van der Waals surface area (Å²) in [7, 11) is 0.297. The molecule has 10 heteroatoms. The Bertz CT molecular complexity index is 1480. The average molecular weight is 495 g/mol. The molecule has 0 fully saturated rings. The van der Waals surface area contributed by atoms with Crippen LogP contribution in [0.25, 0.3) is 27.9 Å². The molecule has 0 saturated heterocycles. The molecule has 0 aliphatic heterocycles. The Morgan fingerprint density at radius 3 is 2.21 bits per heavy atom. The Morgan fingerprint density at radius 1 is 1.00 bits per heavy atom. The second-order valence-electron chi connectivity index (χ2n) is 8.75. The first-order chi connectivity index (χ1) is 15.7. The minimum atomic E-state index is -5.06. The Hall–Kier alpha value is -2.75. The van der Waals surface area contributed by atoms with E-state index >= 15 is 0 Å². The van der Waals surface area contributed by atoms with E-state index in [-0.39, 0.29) is 5.52 Å². The summed E-state index contributed by atoms with van der Waals surface area (Å²) in [4.78, 5) is 4.51. The molecule has 2 unspecified atom stereocenters. The third kappa shape index (κ3) is 3.37. The van der Waals surface area contributed by atoms with E-state index in [4.69, 9.17) is 5.10 Å². The first kappa shape index (κ1) is 24.4. The highest BCUT2D eigenvalue weighted by molar-refractivity contribution is 7.85. The van der Waals surface area contributed by atoms with Crippen molar-refractivity contribution in [2.45, 2.75) is 58.4 Å². The lowest BCUT2D eigenvalue weighted by Crippen LogP contribution is -2.34. The fraction of sp³-hybridized carbons (Fsp3) is 0.417. The van der Waals surface area contributed by atoms with Crippen LogP contribution in [-0.4, -0.2) is 35.5 Å². The summed E-state index contributed by atoms with van der Waals surface area (Å²) in [6.45, 7) is 10.3. The van der Waals surface area contributed by atoms with Gasteiger partial charge in [-0.2, -0.15) is 23.0 Å². The van der Waals surface area contributed by atoms with Crippen molar-refractivity contribution in [3.8, 4) is 5.95 Å². The normalized spacial score (nSPS) is 15.3. The molecule has 4 aromatic rings. The predicted molar refractivity (Wildman–Crippen MR) is 126 cm³/mol. The van der Waals surface area contributed by atoms with Gasteiger partial charge in [0.25, 0.3) is 0 Å². The monoisotopic (exact) mass is 494 g/mol. The second-order valence-corrected chi connectivity index (χ2v) is 10.4. The number of aryl methyl sites for hydroxylation is 3. The van der Waals surface area contributed by atoms with Crippen LogP contribution in [0.5, 0.6) is 0 Å². The number of aromatic nitrogens is 4. The van der Waals surface area contributed by atoms with E-state index in [1.54, 1.807) is 11.6 Å². The average Bonchev–Trinajstić information content (AvgIpc) is 3.33. The number of alkyl halides is 4. The highest BCUT2D eigenvalue weighted by atomic mass is 32.2. The molecule has 0 bridgehead atoms. The van der Waals surface area contributed by atoms with Crippen molar-refractivity contribution in [1.29, 1.82) is 0 Å². The summed E-state index contributed by atoms with van der Waals surface area (Å²) < 4.78 is 70.7. The van der Waals surface area contributed by atoms with Crippen LogP contribution in [0.2, 0.25) is 0 Å². The van der Waals surface area contributed by atoms with Gasteiger partial charge in [0.1, 0.15) is 5.03 Å². The van der Waals surface area contributed by atoms with Gasteiger partial charge in [-0.3, -0.25) is 4.21 Å². The topological polar surface area (TPSA) is 52.7 Å². The highest BCUT2D eigenvalue weighted by Crippen LogP contribution is 2.43. The standard InChI is InChI=1S/C24H26F4N4OS/c1-8-34(33)21-19-14(4)12(2)13(3)15(5)20(19)30-32(21)22-29-17-11-16(9-10-18(17)31(22)7)23(6,25)24(26,27)28/h9-11H,8H2,1-7H3. The van der Waals surface area contributed by atoms with E-state index in [9.17, 15) is 21.8 Å². The molecule has 0 N–H and O–H groups in total. The number of nitrogens with zero attached hydrogens (tertiary/aromatic N) is 4. The summed E-state index contributed by atoms with van der Waals surface area (Å²) >= 11 is 0. The molecule has 182 valence electrons. The molecule has 2 aromatic carbocycles. The molecule has 2 heterocycles. The summed E-state index contributed by atoms with van der Waals surface area (Å²) in [5.74, 6) is 0.647. The molecule has 0 saturated carbocycles. The molecule has 0 aliphatic rings. The van der Waals surface area contributed by atoms with Crippen LogP contribution in [0.1, 0.15) is 41.7 Å². The van der Waals surface area contributed by atoms with E-state index < -0.39 is 28.2 Å². The third-order valence-electron chi connectivity index (χ3n) is 6.86. The largest absolute Gasteiger partial charge is 0.426 e. The molecule has 2 atom stereocenters. The van der Waals surface area contributed by atoms with Gasteiger partial charge < -0.3 is 4.57 Å². The zero-order valence-corrected chi connectivity index (χ0v) is 20.9. The lowest BCUT2D eigenvalue weighted by molar-refractivity contribution is -0.228. The van der Waals surface area contributed by atoms with Gasteiger partial charge in [-0.05, 0) is 69.0 Å². The Morgan fingerprint density at radius 2 is 1.62 bits per heavy atom. The number of fused-ring (bicyclic) bond motifs is 2. The van der Waals surface area contributed by atoms with Crippen molar-refractivity contribution in [1.82, 2.24) is 19.3 Å². The summed E-state index contributed by atoms with van der Waals surface area (Å²) in [6, 6.07) is 3.64. The van der Waals surface area contributed by atoms with Crippen LogP contribution in [0.15, 0.2) is 23.2 Å². The minimum absolute atomic E-state index is 0.191. The Balaban J connectivity index is 2.05. The predicted octanol–water partition coefficient (Wildman–Crippen LogP) is 6.02. The van der Waals surface area contributed by atoms with Crippen molar-refractivity contribution in [3.63, 3.8) is 0 Å². The molecule has 0 spiro atoms. The van der Waals surface area contributed by atoms with Gasteiger partial charge >= 0.3 is 6.18 Å². The number of halogens is 4. The summed E-state index contributed by atoms with van der Waals surface area (Å²) in [6.07, 6.45) is -5.06. The van der Waals surface area contributed by atoms with Crippen molar-refractivity contribution >= 4 is 32.7 Å². The lowest BCUT2D eigenvalue weighted by atomic mass is 9.96. The molecule has 4 rings (SSSR count). The number of rotatable bonds is 4. The van der Waals surface area contributed by atoms with Crippen LogP contribution in [0, 0.1) is 27.7 Å². The van der Waals surface area contributed by atoms with Gasteiger partial charge in [0, 0.05) is 23.8 Å². The summed E-state index contributed by atoms with van der Waals surface area (Å²) in [5, 5.41) is 6.05. The first-order valence-electron chi connectivity index (χ1n) is 10.8. The highest BCUT2D eigenvalue weighted by Gasteiger charge is 2.53. The number of hydrogen-bond acceptors (Lipinski definition) is 3. The number of hydrogen-bond donors (Lipinski definition) is 0. The first-order valence-corrected chi connectivity index (χ1v) is 12.1. The molecule has 0 amide bonds. The molecule has 0 aliphatic carbocycles. The van der Waals surface area contributed by atoms with Crippen LogP contribution in [-0.2, 0) is 23.5 Å². The van der Waals surface area contributed by atoms with E-state index in [1.165, 1.54) is 10.7 Å². The Labute approximate surface area is 197 Å². The fourth-order valence-corrected chi connectivity index (χ4v) is 5.31. The van der Waals surface area contributed by atoms with Crippen molar-refractivity contribution in [2.24, 2.45) is 7.05 Å². The third-order valence-corrected chi connectivity index (χ3v) is 8.19. The maximum atomic E-state index is 14.6. The molecular weight excluding hydrogens is 468 g/mol. The maximum Gasteiger partial charge on any atom is 0.426 e. The quantitative estimate of drug-likeness (QED) is 0.326. The number of imidazole rings is 1. The van der Waals surface area contributed by atoms with Crippen molar-refractivity contribution < 1.29 is 21.8 Å². The van der Waals surface area contributed by atoms with Crippen molar-refractivity contribution in [2.75, 3.05) is 5.75 Å². The van der Waals surface area contributed by atoms with Gasteiger partial charge in [-0.25, -0.2) is 9.37 Å². The van der Waals surface area contributed by atoms with Crippen LogP contribution >= 0.6 is 0 Å². The fourth-order valence-electron chi connectivity index (χ4n) is 4.25. The van der Waals surface area contributed by atoms with Crippen LogP contribution in [0.4, 0.5) is 17.6 Å². The number of benzene rings is 2. The van der Waals surface area contributed by atoms with E-state index in [2.05, 4.69) is 4.98 Å². The molecule has 5 nitrogen and oxygen atoms in total. The van der Waals surface area contributed by atoms with E-state index in [0.717, 1.165) is 39.8 Å². The van der Waals surface area contributed by atoms with Gasteiger partial charge in [0.05, 0.1) is 27.3 Å². The zero-order valence-electron chi connectivity index (χ0n) is 20.1. The molecule has 0 radical (unpaired) electrons. The van der Waals surface area contributed by atoms with Gasteiger partial charge in [0.15, 0.2) is 0 Å². The SMILES string of the molecule is CCS(=O)c1c2c(C)c(C)c(C)c(C)c2nn1-c1nc2cc(C(C)(F)C(F)(F)F)ccc2n1C. The minimum Gasteiger partial charge on any atom is -0.311 e. The lowest BCUT2D eigenvalue weighted by Gasteiger charge is -2.23. The smallest absolute Gasteiger partial charge is 0.311 e. The van der Waals surface area contributed by atoms with Crippen LogP contribution in [0.3, 0.4) is 0 Å². The molecule has 34 heavy (non-hydrogen) atoms.